The zero-order chi connectivity index (χ0) is 20.3. The third kappa shape index (κ3) is 4.71. The standard InChI is InChI=1S/C20H29N5O3.ClH/c1-4-24(12-13-26)10-11-25-16(14-15-8-6-5-7-9-15)21-18-17(25)19(27)23(3)20(28)22(18)2;/h5-9,17-18,26H,4,10-14H2,1-3H3;1H. The molecule has 0 aromatic heterocycles. The monoisotopic (exact) mass is 423 g/mol. The second-order valence-electron chi connectivity index (χ2n) is 7.21. The van der Waals surface area contributed by atoms with Gasteiger partial charge in [0, 0.05) is 40.2 Å². The minimum Gasteiger partial charge on any atom is -0.395 e. The third-order valence-corrected chi connectivity index (χ3v) is 5.53. The average molecular weight is 424 g/mol. The molecule has 0 spiro atoms. The number of aliphatic hydroxyl groups excluding tert-OH is 1. The average Bonchev–Trinajstić information content (AvgIpc) is 3.07. The van der Waals surface area contributed by atoms with Crippen molar-refractivity contribution in [1.29, 1.82) is 0 Å². The van der Waals surface area contributed by atoms with Crippen LogP contribution in [0, 0.1) is 0 Å². The summed E-state index contributed by atoms with van der Waals surface area (Å²) in [6.07, 6.45) is 0.113. The van der Waals surface area contributed by atoms with Crippen LogP contribution in [0.4, 0.5) is 4.79 Å². The Balaban J connectivity index is 0.00000300. The Bertz CT molecular complexity index is 745. The highest BCUT2D eigenvalue weighted by molar-refractivity contribution is 6.04. The highest BCUT2D eigenvalue weighted by atomic mass is 35.5. The number of fused-ring (bicyclic) bond motifs is 1. The Labute approximate surface area is 178 Å². The van der Waals surface area contributed by atoms with E-state index in [1.165, 1.54) is 11.9 Å². The van der Waals surface area contributed by atoms with Gasteiger partial charge in [0.15, 0.2) is 12.2 Å². The summed E-state index contributed by atoms with van der Waals surface area (Å²) in [5.74, 6) is 0.606. The highest BCUT2D eigenvalue weighted by Crippen LogP contribution is 2.28. The van der Waals surface area contributed by atoms with Crippen LogP contribution in [-0.2, 0) is 11.2 Å². The predicted molar refractivity (Wildman–Crippen MR) is 114 cm³/mol. The van der Waals surface area contributed by atoms with Gasteiger partial charge in [-0.05, 0) is 12.1 Å². The summed E-state index contributed by atoms with van der Waals surface area (Å²) in [5.41, 5.74) is 1.11. The lowest BCUT2D eigenvalue weighted by Gasteiger charge is -2.40. The number of halogens is 1. The number of carbonyl (C=O) groups is 2. The number of amides is 3. The quantitative estimate of drug-likeness (QED) is 0.672. The fourth-order valence-electron chi connectivity index (χ4n) is 3.83. The van der Waals surface area contributed by atoms with Gasteiger partial charge in [-0.3, -0.25) is 14.6 Å². The van der Waals surface area contributed by atoms with E-state index in [-0.39, 0.29) is 31.0 Å². The number of urea groups is 1. The van der Waals surface area contributed by atoms with Crippen LogP contribution < -0.4 is 0 Å². The number of benzene rings is 1. The number of rotatable bonds is 8. The number of imide groups is 1. The van der Waals surface area contributed by atoms with E-state index in [0.717, 1.165) is 17.9 Å². The first kappa shape index (κ1) is 23.1. The zero-order valence-electron chi connectivity index (χ0n) is 17.2. The Morgan fingerprint density at radius 2 is 1.83 bits per heavy atom. The Hall–Kier alpha value is -2.16. The molecule has 2 heterocycles. The fourth-order valence-corrected chi connectivity index (χ4v) is 3.83. The molecule has 0 bridgehead atoms. The van der Waals surface area contributed by atoms with E-state index in [1.54, 1.807) is 11.9 Å². The normalized spacial score (nSPS) is 21.4. The number of hydrogen-bond acceptors (Lipinski definition) is 6. The molecular weight excluding hydrogens is 394 g/mol. The topological polar surface area (TPSA) is 79.7 Å². The summed E-state index contributed by atoms with van der Waals surface area (Å²) in [7, 11) is 3.22. The first-order valence-corrected chi connectivity index (χ1v) is 9.72. The van der Waals surface area contributed by atoms with Crippen LogP contribution in [0.25, 0.3) is 0 Å². The number of carbonyl (C=O) groups excluding carboxylic acids is 2. The molecule has 2 unspecified atom stereocenters. The van der Waals surface area contributed by atoms with Crippen molar-refractivity contribution in [3.05, 3.63) is 35.9 Å². The second-order valence-corrected chi connectivity index (χ2v) is 7.21. The smallest absolute Gasteiger partial charge is 0.328 e. The highest BCUT2D eigenvalue weighted by Gasteiger charge is 2.50. The van der Waals surface area contributed by atoms with E-state index in [9.17, 15) is 14.7 Å². The first-order chi connectivity index (χ1) is 13.5. The van der Waals surface area contributed by atoms with Crippen molar-refractivity contribution in [3.8, 4) is 0 Å². The van der Waals surface area contributed by atoms with Crippen LogP contribution in [0.3, 0.4) is 0 Å². The molecule has 29 heavy (non-hydrogen) atoms. The van der Waals surface area contributed by atoms with Gasteiger partial charge in [-0.15, -0.1) is 12.4 Å². The van der Waals surface area contributed by atoms with Crippen molar-refractivity contribution in [2.45, 2.75) is 25.6 Å². The maximum atomic E-state index is 12.9. The zero-order valence-corrected chi connectivity index (χ0v) is 18.0. The molecule has 3 rings (SSSR count). The van der Waals surface area contributed by atoms with Crippen LogP contribution in [0.15, 0.2) is 35.3 Å². The molecule has 2 atom stereocenters. The second kappa shape index (κ2) is 10.0. The molecule has 0 radical (unpaired) electrons. The lowest BCUT2D eigenvalue weighted by Crippen LogP contribution is -2.64. The van der Waals surface area contributed by atoms with Gasteiger partial charge in [-0.25, -0.2) is 9.79 Å². The minimum atomic E-state index is -0.501. The van der Waals surface area contributed by atoms with Gasteiger partial charge in [0.05, 0.1) is 6.61 Å². The molecule has 8 nitrogen and oxygen atoms in total. The van der Waals surface area contributed by atoms with Gasteiger partial charge < -0.3 is 14.9 Å². The molecule has 0 saturated carbocycles. The van der Waals surface area contributed by atoms with E-state index in [1.807, 2.05) is 42.2 Å². The molecule has 1 aromatic rings. The predicted octanol–water partition coefficient (Wildman–Crippen LogP) is 0.898. The van der Waals surface area contributed by atoms with E-state index in [2.05, 4.69) is 4.90 Å². The molecule has 160 valence electrons. The summed E-state index contributed by atoms with van der Waals surface area (Å²) in [5, 5.41) is 9.25. The van der Waals surface area contributed by atoms with Gasteiger partial charge in [-0.2, -0.15) is 0 Å². The summed E-state index contributed by atoms with van der Waals surface area (Å²) in [6, 6.07) is 9.18. The largest absolute Gasteiger partial charge is 0.395 e. The number of hydrogen-bond donors (Lipinski definition) is 1. The van der Waals surface area contributed by atoms with Crippen molar-refractivity contribution in [2.24, 2.45) is 4.99 Å². The van der Waals surface area contributed by atoms with Crippen molar-refractivity contribution in [3.63, 3.8) is 0 Å². The Morgan fingerprint density at radius 3 is 2.45 bits per heavy atom. The van der Waals surface area contributed by atoms with Gasteiger partial charge in [0.2, 0.25) is 0 Å². The Morgan fingerprint density at radius 1 is 1.14 bits per heavy atom. The van der Waals surface area contributed by atoms with E-state index in [4.69, 9.17) is 4.99 Å². The summed E-state index contributed by atoms with van der Waals surface area (Å²) < 4.78 is 0. The maximum Gasteiger partial charge on any atom is 0.328 e. The molecule has 9 heteroatoms. The number of nitrogens with zero attached hydrogens (tertiary/aromatic N) is 5. The molecule has 1 N–H and O–H groups in total. The van der Waals surface area contributed by atoms with Crippen molar-refractivity contribution in [2.75, 3.05) is 46.9 Å². The lowest BCUT2D eigenvalue weighted by molar-refractivity contribution is -0.136. The van der Waals surface area contributed by atoms with E-state index < -0.39 is 12.2 Å². The molecule has 3 amide bonds. The SMILES string of the molecule is CCN(CCO)CCN1C(Cc2ccccc2)=NC2C1C(=O)N(C)C(=O)N2C.Cl. The molecule has 1 saturated heterocycles. The molecule has 2 aliphatic rings. The summed E-state index contributed by atoms with van der Waals surface area (Å²) in [4.78, 5) is 37.0. The van der Waals surface area contributed by atoms with E-state index >= 15 is 0 Å². The minimum absolute atomic E-state index is 0. The Kier molecular flexibility index (Phi) is 8.01. The summed E-state index contributed by atoms with van der Waals surface area (Å²) >= 11 is 0. The number of aliphatic hydroxyl groups is 1. The van der Waals surface area contributed by atoms with Gasteiger partial charge in [0.1, 0.15) is 5.84 Å². The first-order valence-electron chi connectivity index (χ1n) is 9.72. The number of amidine groups is 1. The van der Waals surface area contributed by atoms with E-state index in [0.29, 0.717) is 26.1 Å². The number of aliphatic imine (C=N–C) groups is 1. The third-order valence-electron chi connectivity index (χ3n) is 5.53. The van der Waals surface area contributed by atoms with Crippen molar-refractivity contribution < 1.29 is 14.7 Å². The molecule has 2 aliphatic heterocycles. The van der Waals surface area contributed by atoms with Crippen LogP contribution in [0.2, 0.25) is 0 Å². The molecule has 1 fully saturated rings. The van der Waals surface area contributed by atoms with Crippen molar-refractivity contribution >= 4 is 30.2 Å². The van der Waals surface area contributed by atoms with Gasteiger partial charge in [0.25, 0.3) is 5.91 Å². The van der Waals surface area contributed by atoms with Crippen LogP contribution in [-0.4, -0.2) is 102 Å². The van der Waals surface area contributed by atoms with Crippen molar-refractivity contribution in [1.82, 2.24) is 19.6 Å². The van der Waals surface area contributed by atoms with Gasteiger partial charge in [-0.1, -0.05) is 37.3 Å². The maximum absolute atomic E-state index is 12.9. The van der Waals surface area contributed by atoms with Crippen LogP contribution >= 0.6 is 12.4 Å². The van der Waals surface area contributed by atoms with Crippen LogP contribution in [0.1, 0.15) is 12.5 Å². The fraction of sp³-hybridized carbons (Fsp3) is 0.550. The molecule has 1 aromatic carbocycles. The number of likely N-dealkylation sites (N-methyl/N-ethyl adjacent to an activating group) is 3. The molecule has 0 aliphatic carbocycles. The molecular formula is C20H30ClN5O3. The van der Waals surface area contributed by atoms with Crippen LogP contribution in [0.5, 0.6) is 0 Å². The lowest BCUT2D eigenvalue weighted by atomic mass is 10.1. The van der Waals surface area contributed by atoms with Gasteiger partial charge >= 0.3 is 6.03 Å². The summed E-state index contributed by atoms with van der Waals surface area (Å²) in [6.45, 7) is 4.89.